The molecule has 5 aromatic rings. The molecule has 0 fully saturated rings. The molecule has 9 nitrogen and oxygen atoms in total. The number of carbonyl (C=O) groups is 1. The average Bonchev–Trinajstić information content (AvgIpc) is 3.30. The summed E-state index contributed by atoms with van der Waals surface area (Å²) in [5, 5.41) is 46.4. The summed E-state index contributed by atoms with van der Waals surface area (Å²) in [6.07, 6.45) is 0. The normalized spacial score (nSPS) is 10.8. The Bertz CT molecular complexity index is 1550. The molecule has 1 aromatic heterocycles. The van der Waals surface area contributed by atoms with Crippen molar-refractivity contribution in [1.29, 1.82) is 0 Å². The van der Waals surface area contributed by atoms with Gasteiger partial charge in [0.05, 0.1) is 22.5 Å². The zero-order valence-electron chi connectivity index (χ0n) is 19.4. The minimum absolute atomic E-state index is 0.0418. The monoisotopic (exact) mass is 494 g/mol. The number of aromatic nitrogens is 3. The molecule has 0 aliphatic rings. The number of rotatable bonds is 6. The second kappa shape index (κ2) is 9.74. The molecular weight excluding hydrogens is 472 g/mol. The Kier molecular flexibility index (Phi) is 6.17. The number of phenolic OH excluding ortho intramolecular Hbond substituents is 4. The molecule has 0 atom stereocenters. The Morgan fingerprint density at radius 1 is 0.649 bits per heavy atom. The lowest BCUT2D eigenvalue weighted by molar-refractivity contribution is -0.118. The standard InChI is InChI=1S/C28H22N4O5/c33-22-13-5-1-9-18(22)27-29-28(19-10-2-6-14-23(19)34)31(30-27)17-26(37)32(20-11-3-7-15-24(20)35)21-12-4-8-16-25(21)36/h1-16,33-36H,17H2. The second-order valence-corrected chi connectivity index (χ2v) is 8.16. The molecule has 5 rings (SSSR count). The molecule has 184 valence electrons. The van der Waals surface area contributed by atoms with Gasteiger partial charge < -0.3 is 20.4 Å². The van der Waals surface area contributed by atoms with Crippen LogP contribution in [0.4, 0.5) is 11.4 Å². The summed E-state index contributed by atoms with van der Waals surface area (Å²) >= 11 is 0. The highest BCUT2D eigenvalue weighted by molar-refractivity contribution is 6.03. The number of hydrogen-bond acceptors (Lipinski definition) is 7. The van der Waals surface area contributed by atoms with Crippen LogP contribution < -0.4 is 4.90 Å². The van der Waals surface area contributed by atoms with Crippen LogP contribution in [0, 0.1) is 0 Å². The maximum Gasteiger partial charge on any atom is 0.253 e. The molecule has 37 heavy (non-hydrogen) atoms. The first-order valence-electron chi connectivity index (χ1n) is 11.3. The van der Waals surface area contributed by atoms with Crippen molar-refractivity contribution in [1.82, 2.24) is 14.8 Å². The lowest BCUT2D eigenvalue weighted by Crippen LogP contribution is -2.30. The van der Waals surface area contributed by atoms with Gasteiger partial charge >= 0.3 is 0 Å². The van der Waals surface area contributed by atoms with E-state index >= 15 is 0 Å². The topological polar surface area (TPSA) is 132 Å². The van der Waals surface area contributed by atoms with Gasteiger partial charge in [0.2, 0.25) is 0 Å². The van der Waals surface area contributed by atoms with E-state index in [1.54, 1.807) is 72.8 Å². The van der Waals surface area contributed by atoms with Gasteiger partial charge in [-0.1, -0.05) is 48.5 Å². The van der Waals surface area contributed by atoms with E-state index in [2.05, 4.69) is 10.1 Å². The number of aromatic hydroxyl groups is 4. The SMILES string of the molecule is O=C(Cn1nc(-c2ccccc2O)nc1-c1ccccc1O)N(c1ccccc1O)c1ccccc1O. The van der Waals surface area contributed by atoms with Crippen LogP contribution in [0.2, 0.25) is 0 Å². The first-order chi connectivity index (χ1) is 17.9. The van der Waals surface area contributed by atoms with E-state index in [4.69, 9.17) is 0 Å². The number of carbonyl (C=O) groups excluding carboxylic acids is 1. The molecule has 0 aliphatic heterocycles. The van der Waals surface area contributed by atoms with Crippen LogP contribution >= 0.6 is 0 Å². The summed E-state index contributed by atoms with van der Waals surface area (Å²) < 4.78 is 1.31. The molecule has 0 radical (unpaired) electrons. The van der Waals surface area contributed by atoms with Gasteiger partial charge in [-0.15, -0.1) is 5.10 Å². The van der Waals surface area contributed by atoms with Gasteiger partial charge in [0.1, 0.15) is 29.5 Å². The van der Waals surface area contributed by atoms with Crippen molar-refractivity contribution in [3.8, 4) is 45.8 Å². The summed E-state index contributed by atoms with van der Waals surface area (Å²) in [5.41, 5.74) is 1.02. The summed E-state index contributed by atoms with van der Waals surface area (Å²) in [5.74, 6) is -0.624. The number of amides is 1. The minimum Gasteiger partial charge on any atom is -0.507 e. The molecule has 4 aromatic carbocycles. The highest BCUT2D eigenvalue weighted by Gasteiger charge is 2.26. The van der Waals surface area contributed by atoms with Crippen LogP contribution in [0.25, 0.3) is 22.8 Å². The predicted molar refractivity (Wildman–Crippen MR) is 138 cm³/mol. The highest BCUT2D eigenvalue weighted by Crippen LogP contribution is 2.38. The van der Waals surface area contributed by atoms with Gasteiger partial charge in [0, 0.05) is 0 Å². The fourth-order valence-electron chi connectivity index (χ4n) is 3.99. The van der Waals surface area contributed by atoms with Crippen LogP contribution in [-0.4, -0.2) is 41.1 Å². The Balaban J connectivity index is 1.63. The van der Waals surface area contributed by atoms with Gasteiger partial charge in [-0.3, -0.25) is 9.69 Å². The van der Waals surface area contributed by atoms with E-state index in [9.17, 15) is 25.2 Å². The van der Waals surface area contributed by atoms with Crippen molar-refractivity contribution in [3.63, 3.8) is 0 Å². The quantitative estimate of drug-likeness (QED) is 0.267. The van der Waals surface area contributed by atoms with Gasteiger partial charge in [0.25, 0.3) is 5.91 Å². The van der Waals surface area contributed by atoms with E-state index in [0.717, 1.165) is 0 Å². The third kappa shape index (κ3) is 4.53. The Morgan fingerprint density at radius 3 is 1.62 bits per heavy atom. The smallest absolute Gasteiger partial charge is 0.253 e. The van der Waals surface area contributed by atoms with E-state index in [1.165, 1.54) is 33.8 Å². The number of phenols is 4. The van der Waals surface area contributed by atoms with Crippen LogP contribution in [0.1, 0.15) is 0 Å². The zero-order valence-corrected chi connectivity index (χ0v) is 19.4. The Labute approximate surface area is 211 Å². The molecular formula is C28H22N4O5. The lowest BCUT2D eigenvalue weighted by Gasteiger charge is -2.24. The zero-order chi connectivity index (χ0) is 25.9. The maximum atomic E-state index is 13.8. The summed E-state index contributed by atoms with van der Waals surface area (Å²) in [7, 11) is 0. The van der Waals surface area contributed by atoms with E-state index < -0.39 is 5.91 Å². The van der Waals surface area contributed by atoms with Crippen molar-refractivity contribution in [2.75, 3.05) is 4.90 Å². The summed E-state index contributed by atoms with van der Waals surface area (Å²) in [6.45, 7) is -0.368. The molecule has 0 saturated heterocycles. The number of hydrogen-bond donors (Lipinski definition) is 4. The van der Waals surface area contributed by atoms with E-state index in [0.29, 0.717) is 11.1 Å². The van der Waals surface area contributed by atoms with Crippen LogP contribution in [-0.2, 0) is 11.3 Å². The second-order valence-electron chi connectivity index (χ2n) is 8.16. The third-order valence-corrected chi connectivity index (χ3v) is 5.74. The Morgan fingerprint density at radius 2 is 1.11 bits per heavy atom. The minimum atomic E-state index is -0.548. The first-order valence-corrected chi connectivity index (χ1v) is 11.3. The third-order valence-electron chi connectivity index (χ3n) is 5.74. The van der Waals surface area contributed by atoms with Gasteiger partial charge in [0.15, 0.2) is 11.6 Å². The van der Waals surface area contributed by atoms with Gasteiger partial charge in [-0.05, 0) is 48.5 Å². The number of nitrogens with zero attached hydrogens (tertiary/aromatic N) is 4. The largest absolute Gasteiger partial charge is 0.507 e. The van der Waals surface area contributed by atoms with Crippen LogP contribution in [0.15, 0.2) is 97.1 Å². The average molecular weight is 495 g/mol. The molecule has 0 bridgehead atoms. The van der Waals surface area contributed by atoms with Crippen molar-refractivity contribution in [2.24, 2.45) is 0 Å². The molecule has 4 N–H and O–H groups in total. The van der Waals surface area contributed by atoms with Crippen LogP contribution in [0.5, 0.6) is 23.0 Å². The first kappa shape index (κ1) is 23.4. The fraction of sp³-hybridized carbons (Fsp3) is 0.0357. The molecule has 0 aliphatic carbocycles. The van der Waals surface area contributed by atoms with E-state index in [1.807, 2.05) is 0 Å². The Hall–Kier alpha value is -5.31. The number of anilines is 2. The molecule has 0 unspecified atom stereocenters. The van der Waals surface area contributed by atoms with E-state index in [-0.39, 0.29) is 52.6 Å². The predicted octanol–water partition coefficient (Wildman–Crippen LogP) is 4.80. The van der Waals surface area contributed by atoms with Crippen molar-refractivity contribution < 1.29 is 25.2 Å². The molecule has 0 spiro atoms. The van der Waals surface area contributed by atoms with Crippen LogP contribution in [0.3, 0.4) is 0 Å². The molecule has 9 heteroatoms. The maximum absolute atomic E-state index is 13.8. The molecule has 1 amide bonds. The fourth-order valence-corrected chi connectivity index (χ4v) is 3.99. The summed E-state index contributed by atoms with van der Waals surface area (Å²) in [4.78, 5) is 19.5. The number of para-hydroxylation sites is 6. The summed E-state index contributed by atoms with van der Waals surface area (Å²) in [6, 6.07) is 25.6. The van der Waals surface area contributed by atoms with Gasteiger partial charge in [-0.2, -0.15) is 0 Å². The van der Waals surface area contributed by atoms with Crippen molar-refractivity contribution in [2.45, 2.75) is 6.54 Å². The molecule has 0 saturated carbocycles. The molecule has 1 heterocycles. The van der Waals surface area contributed by atoms with Crippen molar-refractivity contribution in [3.05, 3.63) is 97.1 Å². The van der Waals surface area contributed by atoms with Crippen molar-refractivity contribution >= 4 is 17.3 Å². The number of benzene rings is 4. The highest BCUT2D eigenvalue weighted by atomic mass is 16.3. The lowest BCUT2D eigenvalue weighted by atomic mass is 10.1. The van der Waals surface area contributed by atoms with Gasteiger partial charge in [-0.25, -0.2) is 9.67 Å².